The summed E-state index contributed by atoms with van der Waals surface area (Å²) < 4.78 is 12.8. The first kappa shape index (κ1) is 18.7. The number of nitrogens with zero attached hydrogens (tertiary/aromatic N) is 5. The van der Waals surface area contributed by atoms with Crippen LogP contribution in [-0.4, -0.2) is 44.9 Å². The number of aryl methyl sites for hydroxylation is 2. The summed E-state index contributed by atoms with van der Waals surface area (Å²) >= 11 is 0. The maximum atomic E-state index is 5.69. The molecule has 1 aliphatic heterocycles. The summed E-state index contributed by atoms with van der Waals surface area (Å²) in [6.45, 7) is 1.43. The fourth-order valence-corrected chi connectivity index (χ4v) is 3.97. The van der Waals surface area contributed by atoms with Crippen LogP contribution in [-0.2, 0) is 30.4 Å². The number of methoxy groups -OCH3 is 1. The van der Waals surface area contributed by atoms with E-state index in [1.54, 1.807) is 13.4 Å². The fraction of sp³-hybridized carbons (Fsp3) is 0.304. The Hall–Kier alpha value is -3.32. The van der Waals surface area contributed by atoms with Crippen LogP contribution in [0.15, 0.2) is 49.1 Å². The molecule has 0 amide bonds. The summed E-state index contributed by atoms with van der Waals surface area (Å²) in [5.74, 6) is 1.96. The van der Waals surface area contributed by atoms with Crippen molar-refractivity contribution in [3.05, 3.63) is 71.7 Å². The van der Waals surface area contributed by atoms with E-state index in [0.717, 1.165) is 66.3 Å². The minimum Gasteiger partial charge on any atom is -0.493 e. The third-order valence-corrected chi connectivity index (χ3v) is 5.57. The molecule has 3 aromatic heterocycles. The molecule has 4 aromatic rings. The zero-order valence-electron chi connectivity index (χ0n) is 16.9. The molecular weight excluding hydrogens is 378 g/mol. The summed E-state index contributed by atoms with van der Waals surface area (Å²) in [4.78, 5) is 9.28. The van der Waals surface area contributed by atoms with Gasteiger partial charge >= 0.3 is 0 Å². The highest BCUT2D eigenvalue weighted by atomic mass is 16.5. The van der Waals surface area contributed by atoms with Crippen LogP contribution in [0.2, 0.25) is 0 Å². The first-order valence-electron chi connectivity index (χ1n) is 10.2. The Morgan fingerprint density at radius 1 is 1.07 bits per heavy atom. The van der Waals surface area contributed by atoms with Gasteiger partial charge in [0.25, 0.3) is 0 Å². The number of aromatic nitrogens is 5. The highest BCUT2D eigenvalue weighted by Crippen LogP contribution is 2.29. The second-order valence-corrected chi connectivity index (χ2v) is 7.39. The standard InChI is InChI=1S/C23H23N5O2/c1-29-11-9-18-7-5-17(13-24-18)20-14-25-22(28-15-26-27-23(20)28)8-6-16-3-2-4-21-19(16)10-12-30-21/h2-5,7,13-15H,6,8-12H2,1H3. The Bertz CT molecular complexity index is 1170. The van der Waals surface area contributed by atoms with E-state index in [1.165, 1.54) is 11.1 Å². The molecule has 1 aromatic carbocycles. The summed E-state index contributed by atoms with van der Waals surface area (Å²) in [6, 6.07) is 10.4. The van der Waals surface area contributed by atoms with Crippen LogP contribution < -0.4 is 4.74 Å². The topological polar surface area (TPSA) is 74.4 Å². The lowest BCUT2D eigenvalue weighted by Gasteiger charge is -2.10. The van der Waals surface area contributed by atoms with Crippen molar-refractivity contribution < 1.29 is 9.47 Å². The minimum atomic E-state index is 0.660. The van der Waals surface area contributed by atoms with Crippen molar-refractivity contribution >= 4 is 5.65 Å². The quantitative estimate of drug-likeness (QED) is 0.474. The molecule has 0 unspecified atom stereocenters. The predicted octanol–water partition coefficient (Wildman–Crippen LogP) is 3.10. The van der Waals surface area contributed by atoms with Crippen molar-refractivity contribution in [2.45, 2.75) is 25.7 Å². The summed E-state index contributed by atoms with van der Waals surface area (Å²) in [7, 11) is 1.70. The van der Waals surface area contributed by atoms with Gasteiger partial charge in [-0.25, -0.2) is 4.98 Å². The zero-order valence-corrected chi connectivity index (χ0v) is 16.9. The number of benzene rings is 1. The molecule has 1 aliphatic rings. The lowest BCUT2D eigenvalue weighted by molar-refractivity contribution is 0.201. The molecule has 0 radical (unpaired) electrons. The second-order valence-electron chi connectivity index (χ2n) is 7.39. The lowest BCUT2D eigenvalue weighted by Crippen LogP contribution is -2.05. The van der Waals surface area contributed by atoms with E-state index < -0.39 is 0 Å². The number of fused-ring (bicyclic) bond motifs is 2. The number of ether oxygens (including phenoxy) is 2. The van der Waals surface area contributed by atoms with Gasteiger partial charge in [0.2, 0.25) is 0 Å². The second kappa shape index (κ2) is 8.20. The normalized spacial score (nSPS) is 12.8. The average molecular weight is 401 g/mol. The Kier molecular flexibility index (Phi) is 5.11. The summed E-state index contributed by atoms with van der Waals surface area (Å²) in [5.41, 5.74) is 6.36. The molecular formula is C23H23N5O2. The molecule has 30 heavy (non-hydrogen) atoms. The van der Waals surface area contributed by atoms with E-state index in [0.29, 0.717) is 6.61 Å². The molecule has 4 heterocycles. The van der Waals surface area contributed by atoms with Gasteiger partial charge in [0.05, 0.1) is 13.2 Å². The number of hydrogen-bond donors (Lipinski definition) is 0. The first-order valence-corrected chi connectivity index (χ1v) is 10.2. The third-order valence-electron chi connectivity index (χ3n) is 5.57. The van der Waals surface area contributed by atoms with Crippen molar-refractivity contribution in [1.29, 1.82) is 0 Å². The van der Waals surface area contributed by atoms with Gasteiger partial charge < -0.3 is 9.47 Å². The molecule has 0 atom stereocenters. The SMILES string of the molecule is COCCc1ccc(-c2cnc(CCc3cccc4c3CCO4)n3cnnc23)cn1. The van der Waals surface area contributed by atoms with E-state index in [-0.39, 0.29) is 0 Å². The third kappa shape index (κ3) is 3.52. The minimum absolute atomic E-state index is 0.660. The highest BCUT2D eigenvalue weighted by molar-refractivity contribution is 5.76. The van der Waals surface area contributed by atoms with Crippen LogP contribution in [0.4, 0.5) is 0 Å². The van der Waals surface area contributed by atoms with E-state index in [1.807, 2.05) is 28.9 Å². The Morgan fingerprint density at radius 2 is 2.03 bits per heavy atom. The lowest BCUT2D eigenvalue weighted by atomic mass is 10.0. The van der Waals surface area contributed by atoms with Crippen LogP contribution in [0.5, 0.6) is 5.75 Å². The van der Waals surface area contributed by atoms with Crippen LogP contribution >= 0.6 is 0 Å². The molecule has 0 saturated carbocycles. The van der Waals surface area contributed by atoms with Crippen molar-refractivity contribution in [2.24, 2.45) is 0 Å². The molecule has 7 heteroatoms. The average Bonchev–Trinajstić information content (AvgIpc) is 3.46. The summed E-state index contributed by atoms with van der Waals surface area (Å²) in [6.07, 6.45) is 8.96. The van der Waals surface area contributed by atoms with Gasteiger partial charge in [-0.05, 0) is 24.1 Å². The maximum Gasteiger partial charge on any atom is 0.171 e. The summed E-state index contributed by atoms with van der Waals surface area (Å²) in [5, 5.41) is 8.48. The van der Waals surface area contributed by atoms with Gasteiger partial charge in [0.15, 0.2) is 5.65 Å². The Labute approximate surface area is 174 Å². The molecule has 0 fully saturated rings. The zero-order chi connectivity index (χ0) is 20.3. The van der Waals surface area contributed by atoms with Gasteiger partial charge in [-0.15, -0.1) is 10.2 Å². The van der Waals surface area contributed by atoms with Crippen molar-refractivity contribution in [2.75, 3.05) is 20.3 Å². The van der Waals surface area contributed by atoms with Crippen LogP contribution in [0, 0.1) is 0 Å². The fourth-order valence-electron chi connectivity index (χ4n) is 3.97. The first-order chi connectivity index (χ1) is 14.8. The molecule has 0 aliphatic carbocycles. The largest absolute Gasteiger partial charge is 0.493 e. The van der Waals surface area contributed by atoms with Crippen molar-refractivity contribution in [3.63, 3.8) is 0 Å². The predicted molar refractivity (Wildman–Crippen MR) is 113 cm³/mol. The van der Waals surface area contributed by atoms with Crippen LogP contribution in [0.3, 0.4) is 0 Å². The van der Waals surface area contributed by atoms with E-state index >= 15 is 0 Å². The molecule has 152 valence electrons. The number of hydrogen-bond acceptors (Lipinski definition) is 6. The van der Waals surface area contributed by atoms with Crippen molar-refractivity contribution in [3.8, 4) is 16.9 Å². The molecule has 0 N–H and O–H groups in total. The molecule has 5 rings (SSSR count). The van der Waals surface area contributed by atoms with Crippen LogP contribution in [0.25, 0.3) is 16.8 Å². The van der Waals surface area contributed by atoms with E-state index in [4.69, 9.17) is 14.5 Å². The van der Waals surface area contributed by atoms with E-state index in [9.17, 15) is 0 Å². The highest BCUT2D eigenvalue weighted by Gasteiger charge is 2.17. The monoisotopic (exact) mass is 401 g/mol. The van der Waals surface area contributed by atoms with Gasteiger partial charge in [-0.1, -0.05) is 18.2 Å². The van der Waals surface area contributed by atoms with Gasteiger partial charge in [0, 0.05) is 61.2 Å². The maximum absolute atomic E-state index is 5.69. The van der Waals surface area contributed by atoms with Crippen LogP contribution in [0.1, 0.15) is 22.6 Å². The molecule has 7 nitrogen and oxygen atoms in total. The van der Waals surface area contributed by atoms with Gasteiger partial charge in [-0.2, -0.15) is 0 Å². The van der Waals surface area contributed by atoms with Crippen molar-refractivity contribution in [1.82, 2.24) is 24.6 Å². The molecule has 0 spiro atoms. The molecule has 0 saturated heterocycles. The van der Waals surface area contributed by atoms with Gasteiger partial charge in [-0.3, -0.25) is 9.38 Å². The Morgan fingerprint density at radius 3 is 2.90 bits per heavy atom. The Balaban J connectivity index is 1.40. The van der Waals surface area contributed by atoms with Gasteiger partial charge in [0.1, 0.15) is 17.9 Å². The van der Waals surface area contributed by atoms with E-state index in [2.05, 4.69) is 33.4 Å². The molecule has 0 bridgehead atoms. The number of rotatable bonds is 7. The number of pyridine rings is 1. The smallest absolute Gasteiger partial charge is 0.171 e.